The molecule has 53 heavy (non-hydrogen) atoms. The molecule has 7 rings (SSSR count). The first-order chi connectivity index (χ1) is 25.8. The van der Waals surface area contributed by atoms with Crippen LogP contribution in [-0.2, 0) is 15.1 Å². The van der Waals surface area contributed by atoms with Gasteiger partial charge in [-0.05, 0) is 127 Å². The summed E-state index contributed by atoms with van der Waals surface area (Å²) in [4.78, 5) is 0. The number of benzene rings is 6. The van der Waals surface area contributed by atoms with Gasteiger partial charge in [-0.1, -0.05) is 178 Å². The molecule has 1 saturated carbocycles. The summed E-state index contributed by atoms with van der Waals surface area (Å²) in [6.07, 6.45) is 8.71. The Kier molecular flexibility index (Phi) is 16.8. The minimum absolute atomic E-state index is 0.346. The summed E-state index contributed by atoms with van der Waals surface area (Å²) in [6, 6.07) is 58.0. The summed E-state index contributed by atoms with van der Waals surface area (Å²) >= 11 is -0.346. The first kappa shape index (κ1) is 41.5. The zero-order chi connectivity index (χ0) is 37.6. The Morgan fingerprint density at radius 2 is 0.717 bits per heavy atom. The first-order valence-corrected chi connectivity index (χ1v) is 24.9. The van der Waals surface area contributed by atoms with Crippen LogP contribution >= 0.6 is 35.2 Å². The van der Waals surface area contributed by atoms with Gasteiger partial charge in [0.2, 0.25) is 0 Å². The van der Waals surface area contributed by atoms with Crippen molar-refractivity contribution >= 4 is 67.1 Å². The predicted molar refractivity (Wildman–Crippen MR) is 235 cm³/mol. The first-order valence-electron chi connectivity index (χ1n) is 17.8. The maximum absolute atomic E-state index is 4.85. The van der Waals surface area contributed by atoms with Crippen molar-refractivity contribution in [3.8, 4) is 11.1 Å². The molecule has 0 unspecified atom stereocenters. The normalized spacial score (nSPS) is 13.4. The molecule has 0 spiro atoms. The molecule has 0 heterocycles. The second kappa shape index (κ2) is 21.5. The van der Waals surface area contributed by atoms with E-state index in [4.69, 9.17) is 19.4 Å². The van der Waals surface area contributed by atoms with Gasteiger partial charge in [0, 0.05) is 0 Å². The third kappa shape index (κ3) is 11.2. The number of halogens is 2. The van der Waals surface area contributed by atoms with Crippen molar-refractivity contribution in [1.29, 1.82) is 0 Å². The van der Waals surface area contributed by atoms with Gasteiger partial charge in [0.15, 0.2) is 0 Å². The van der Waals surface area contributed by atoms with Gasteiger partial charge < -0.3 is 0 Å². The molecule has 0 saturated heterocycles. The molecule has 0 amide bonds. The molecule has 0 aromatic heterocycles. The van der Waals surface area contributed by atoms with Crippen molar-refractivity contribution in [3.63, 3.8) is 0 Å². The van der Waals surface area contributed by atoms with E-state index in [0.717, 1.165) is 0 Å². The average Bonchev–Trinajstić information content (AvgIpc) is 3.18. The summed E-state index contributed by atoms with van der Waals surface area (Å²) in [5, 5.41) is 8.33. The Morgan fingerprint density at radius 3 is 1.00 bits per heavy atom. The maximum atomic E-state index is 4.85. The van der Waals surface area contributed by atoms with Gasteiger partial charge in [-0.2, -0.15) is 0 Å². The fraction of sp³-hybridized carbons (Fsp3) is 0.125. The molecule has 5 heteroatoms. The Bertz CT molecular complexity index is 1740. The molecular weight excluding hydrogens is 810 g/mol. The van der Waals surface area contributed by atoms with E-state index in [9.17, 15) is 0 Å². The van der Waals surface area contributed by atoms with Crippen LogP contribution in [0.3, 0.4) is 0 Å². The average molecular weight is 857 g/mol. The van der Waals surface area contributed by atoms with E-state index >= 15 is 0 Å². The summed E-state index contributed by atoms with van der Waals surface area (Å²) in [5.74, 6) is 3.41. The zero-order valence-electron chi connectivity index (χ0n) is 30.9. The van der Waals surface area contributed by atoms with E-state index in [1.54, 1.807) is 0 Å². The van der Waals surface area contributed by atoms with E-state index in [2.05, 4.69) is 218 Å². The molecule has 270 valence electrons. The van der Waals surface area contributed by atoms with E-state index in [0.29, 0.717) is 5.92 Å². The molecular formula is C48H46Cl2P2Ru. The number of rotatable bonds is 8. The minimum atomic E-state index is -0.752. The molecule has 6 aromatic rings. The Labute approximate surface area is 338 Å². The summed E-state index contributed by atoms with van der Waals surface area (Å²) in [7, 11) is 8.20. The second-order valence-electron chi connectivity index (χ2n) is 13.1. The molecule has 0 atom stereocenters. The molecule has 6 aromatic carbocycles. The van der Waals surface area contributed by atoms with Crippen molar-refractivity contribution in [2.45, 2.75) is 34.6 Å². The number of hydrogen-bond acceptors (Lipinski definition) is 0. The van der Waals surface area contributed by atoms with Crippen LogP contribution in [0.25, 0.3) is 11.1 Å². The van der Waals surface area contributed by atoms with Crippen LogP contribution in [0.5, 0.6) is 0 Å². The van der Waals surface area contributed by atoms with Gasteiger partial charge in [-0.25, -0.2) is 0 Å². The van der Waals surface area contributed by atoms with Crippen LogP contribution in [0.2, 0.25) is 0 Å². The molecule has 0 nitrogen and oxygen atoms in total. The topological polar surface area (TPSA) is 0 Å². The zero-order valence-corrected chi connectivity index (χ0v) is 35.9. The summed E-state index contributed by atoms with van der Waals surface area (Å²) < 4.78 is 0. The quantitative estimate of drug-likeness (QED) is 0.106. The standard InChI is InChI=1S/C38H32P2.C10H14.2ClH.Ru/c1-29-17-15-27-35(39(31-19-7-3-8-20-31)32-21-9-4-10-22-32)37(29)38-30(2)18-16-28-36(38)40(33-23-11-5-12-24-33)34-25-13-6-14-26-34;1-8(2)10-6-4-9(3)5-7-10;;;/h3-28H,1-2H3;4-8H,1-3H3;2*1H;/q;;;;+2/p-2. The van der Waals surface area contributed by atoms with Crippen LogP contribution in [0, 0.1) is 57.3 Å². The van der Waals surface area contributed by atoms with Crippen molar-refractivity contribution in [1.82, 2.24) is 0 Å². The van der Waals surface area contributed by atoms with Crippen LogP contribution in [-0.4, -0.2) is 0 Å². The van der Waals surface area contributed by atoms with E-state index in [1.807, 2.05) is 0 Å². The van der Waals surface area contributed by atoms with Crippen LogP contribution in [0.15, 0.2) is 158 Å². The third-order valence-electron chi connectivity index (χ3n) is 9.03. The van der Waals surface area contributed by atoms with Crippen molar-refractivity contribution in [3.05, 3.63) is 206 Å². The molecule has 0 bridgehead atoms. The molecule has 1 fully saturated rings. The molecule has 6 radical (unpaired) electrons. The summed E-state index contributed by atoms with van der Waals surface area (Å²) in [5.41, 5.74) is 5.41. The molecule has 0 aliphatic heterocycles. The van der Waals surface area contributed by atoms with Gasteiger partial charge in [0.25, 0.3) is 0 Å². The van der Waals surface area contributed by atoms with E-state index < -0.39 is 15.8 Å². The van der Waals surface area contributed by atoms with Gasteiger partial charge >= 0.3 is 34.5 Å². The van der Waals surface area contributed by atoms with E-state index in [-0.39, 0.29) is 15.1 Å². The fourth-order valence-corrected chi connectivity index (χ4v) is 11.5. The van der Waals surface area contributed by atoms with Crippen LogP contribution < -0.4 is 31.8 Å². The second-order valence-corrected chi connectivity index (χ2v) is 20.1. The monoisotopic (exact) mass is 856 g/mol. The third-order valence-corrected chi connectivity index (χ3v) is 14.0. The fourth-order valence-electron chi connectivity index (χ4n) is 6.44. The molecule has 1 aliphatic rings. The molecule has 0 N–H and O–H groups in total. The van der Waals surface area contributed by atoms with Gasteiger partial charge in [-0.3, -0.25) is 0 Å². The number of hydrogen-bond donors (Lipinski definition) is 0. The van der Waals surface area contributed by atoms with E-state index in [1.165, 1.54) is 65.9 Å². The number of aryl methyl sites for hydroxylation is 2. The SMILES string of the molecule is C[C]1[CH][CH][C](C(C)C)[CH][CH]1.Cc1cccc(P(c2ccccc2)c2ccccc2)c1-c1c(C)cccc1P(c1ccccc1)c1ccccc1.[Cl][Ru][Cl]. The van der Waals surface area contributed by atoms with Crippen molar-refractivity contribution in [2.24, 2.45) is 5.92 Å². The van der Waals surface area contributed by atoms with Crippen LogP contribution in [0.1, 0.15) is 31.9 Å². The van der Waals surface area contributed by atoms with Gasteiger partial charge in [0.05, 0.1) is 0 Å². The van der Waals surface area contributed by atoms with Crippen molar-refractivity contribution in [2.75, 3.05) is 0 Å². The Hall–Kier alpha value is -2.62. The van der Waals surface area contributed by atoms with Gasteiger partial charge in [0.1, 0.15) is 0 Å². The summed E-state index contributed by atoms with van der Waals surface area (Å²) in [6.45, 7) is 11.1. The molecule has 1 aliphatic carbocycles. The van der Waals surface area contributed by atoms with Gasteiger partial charge in [-0.15, -0.1) is 0 Å². The Balaban J connectivity index is 0.000000355. The Morgan fingerprint density at radius 1 is 0.415 bits per heavy atom. The van der Waals surface area contributed by atoms with Crippen molar-refractivity contribution < 1.29 is 15.1 Å². The van der Waals surface area contributed by atoms with Crippen LogP contribution in [0.4, 0.5) is 0 Å². The predicted octanol–water partition coefficient (Wildman–Crippen LogP) is 11.5.